The second-order valence-electron chi connectivity index (χ2n) is 26.3. The highest BCUT2D eigenvalue weighted by Gasteiger charge is 2.67. The highest BCUT2D eigenvalue weighted by Crippen LogP contribution is 2.68. The molecule has 5 amide bonds. The van der Waals surface area contributed by atoms with E-state index in [1.807, 2.05) is 24.3 Å². The third-order valence-electron chi connectivity index (χ3n) is 21.0. The summed E-state index contributed by atoms with van der Waals surface area (Å²) in [4.78, 5) is 140. The standard InChI is InChI=1S/C71H77FN8O14/c1-7-70(91)52-27-57-65-49(32-80(57)67(89)50(52)34-93-68(70)90)64-54(22-21-45-37(2)53(72)28-55(78-65)63(45)64)76-61(87)35-92-36-75-58(84)30-74-66(88)56(25-40-11-9-8-10-12-40)77-59(85)31-73-60(86)33-79(6)43-16-13-41(14-17-43)48-29-69(5)51(23-24-71(69,38(3)81)94-39(4)82)47-19-15-42-26-44(83)18-20-46(42)62(47)48/h8-14,16-17,26-28,47-48,51,54,56,91H,7,15,18-25,29-36H2,1-6H3,(H,73,86)(H,74,88)(H,75,84)(H,76,87)(H,77,85)/t47-,48+,51-,54-,56-,69-,70-,71-/m0/s1. The minimum Gasteiger partial charge on any atom is -0.458 e. The predicted octanol–water partition coefficient (Wildman–Crippen LogP) is 5.61. The van der Waals surface area contributed by atoms with Gasteiger partial charge in [-0.05, 0) is 147 Å². The smallest absolute Gasteiger partial charge is 0.343 e. The summed E-state index contributed by atoms with van der Waals surface area (Å²) in [6, 6.07) is 17.9. The molecular weight excluding hydrogens is 1210 g/mol. The Morgan fingerprint density at radius 1 is 0.872 bits per heavy atom. The zero-order valence-electron chi connectivity index (χ0n) is 53.5. The number of nitrogens with one attached hydrogen (secondary N) is 5. The molecule has 2 fully saturated rings. The Kier molecular flexibility index (Phi) is 17.7. The molecule has 6 N–H and O–H groups in total. The van der Waals surface area contributed by atoms with Gasteiger partial charge in [-0.3, -0.25) is 43.2 Å². The summed E-state index contributed by atoms with van der Waals surface area (Å²) in [5.41, 5.74) is 5.37. The largest absolute Gasteiger partial charge is 0.458 e. The molecule has 0 spiro atoms. The zero-order valence-corrected chi connectivity index (χ0v) is 53.5. The van der Waals surface area contributed by atoms with Crippen LogP contribution in [0.3, 0.4) is 0 Å². The fourth-order valence-electron chi connectivity index (χ4n) is 16.4. The number of fused-ring (bicyclic) bond motifs is 9. The van der Waals surface area contributed by atoms with E-state index < -0.39 is 108 Å². The molecule has 0 saturated heterocycles. The van der Waals surface area contributed by atoms with Crippen LogP contribution in [-0.2, 0) is 89.0 Å². The summed E-state index contributed by atoms with van der Waals surface area (Å²) in [5.74, 6) is -4.72. The van der Waals surface area contributed by atoms with Gasteiger partial charge in [0.15, 0.2) is 22.8 Å². The van der Waals surface area contributed by atoms with Crippen molar-refractivity contribution < 1.29 is 66.9 Å². The van der Waals surface area contributed by atoms with E-state index in [1.54, 1.807) is 68.3 Å². The number of pyridine rings is 2. The van der Waals surface area contributed by atoms with Crippen LogP contribution in [0, 0.1) is 30.0 Å². The van der Waals surface area contributed by atoms with Gasteiger partial charge >= 0.3 is 11.9 Å². The van der Waals surface area contributed by atoms with Gasteiger partial charge in [-0.25, -0.2) is 14.2 Å². The van der Waals surface area contributed by atoms with E-state index in [2.05, 4.69) is 33.5 Å². The maximum atomic E-state index is 15.5. The molecule has 22 nitrogen and oxygen atoms in total. The number of benzene rings is 3. The summed E-state index contributed by atoms with van der Waals surface area (Å²) in [6.07, 6.45) is 7.05. The van der Waals surface area contributed by atoms with Crippen LogP contribution in [0.25, 0.3) is 22.3 Å². The van der Waals surface area contributed by atoms with Gasteiger partial charge < -0.3 is 55.4 Å². The van der Waals surface area contributed by atoms with Gasteiger partial charge in [0.25, 0.3) is 5.56 Å². The number of aryl methyl sites for hydroxylation is 1. The van der Waals surface area contributed by atoms with Crippen LogP contribution in [-0.4, -0.2) is 119 Å². The first-order valence-electron chi connectivity index (χ1n) is 32.2. The molecule has 0 bridgehead atoms. The van der Waals surface area contributed by atoms with Crippen LogP contribution in [0.2, 0.25) is 0 Å². The highest BCUT2D eigenvalue weighted by atomic mass is 19.1. The lowest BCUT2D eigenvalue weighted by Crippen LogP contribution is -2.57. The number of hydrogen-bond donors (Lipinski definition) is 6. The number of carbonyl (C=O) groups is 9. The van der Waals surface area contributed by atoms with Crippen molar-refractivity contribution in [3.05, 3.63) is 150 Å². The number of ether oxygens (including phenoxy) is 3. The number of aliphatic hydroxyl groups is 1. The number of allylic oxidation sites excluding steroid dienone is 4. The second-order valence-corrected chi connectivity index (χ2v) is 26.3. The molecule has 4 heterocycles. The van der Waals surface area contributed by atoms with Crippen LogP contribution < -0.4 is 37.0 Å². The molecule has 2 saturated carbocycles. The van der Waals surface area contributed by atoms with Crippen LogP contribution in [0.1, 0.15) is 142 Å². The van der Waals surface area contributed by atoms with Crippen molar-refractivity contribution in [1.29, 1.82) is 0 Å². The maximum absolute atomic E-state index is 15.5. The summed E-state index contributed by atoms with van der Waals surface area (Å²) >= 11 is 0. The van der Waals surface area contributed by atoms with E-state index in [0.717, 1.165) is 41.6 Å². The molecule has 23 heteroatoms. The van der Waals surface area contributed by atoms with Crippen LogP contribution in [0.5, 0.6) is 0 Å². The number of cyclic esters (lactones) is 1. The van der Waals surface area contributed by atoms with Crippen molar-refractivity contribution >= 4 is 69.6 Å². The van der Waals surface area contributed by atoms with Crippen molar-refractivity contribution in [2.75, 3.05) is 44.9 Å². The number of likely N-dealkylation sites (N-methyl/N-ethyl adjacent to an activating group) is 1. The number of carbonyl (C=O) groups excluding carboxylic acids is 9. The Balaban J connectivity index is 0.640. The number of aromatic nitrogens is 2. The van der Waals surface area contributed by atoms with Gasteiger partial charge in [-0.2, -0.15) is 0 Å². The zero-order chi connectivity index (χ0) is 66.7. The first-order chi connectivity index (χ1) is 44.9. The average Bonchev–Trinajstić information content (AvgIpc) is 1.47. The summed E-state index contributed by atoms with van der Waals surface area (Å²) in [6.45, 7) is 6.00. The van der Waals surface area contributed by atoms with Crippen molar-refractivity contribution in [2.45, 2.75) is 148 Å². The molecule has 2 aromatic heterocycles. The molecule has 94 heavy (non-hydrogen) atoms. The number of nitrogens with zero attached hydrogens (tertiary/aromatic N) is 3. The first kappa shape index (κ1) is 64.9. The molecule has 5 aromatic rings. The predicted molar refractivity (Wildman–Crippen MR) is 341 cm³/mol. The number of ketones is 2. The van der Waals surface area contributed by atoms with E-state index in [-0.39, 0.29) is 73.0 Å². The van der Waals surface area contributed by atoms with Crippen molar-refractivity contribution in [2.24, 2.45) is 17.3 Å². The number of amides is 5. The fraction of sp³-hybridized carbons (Fsp3) is 0.451. The third kappa shape index (κ3) is 11.7. The Morgan fingerprint density at radius 3 is 2.36 bits per heavy atom. The van der Waals surface area contributed by atoms with E-state index in [9.17, 15) is 53.1 Å². The Hall–Kier alpha value is -9.22. The Bertz CT molecular complexity index is 4160. The van der Waals surface area contributed by atoms with Gasteiger partial charge in [0, 0.05) is 66.4 Å². The number of hydrogen-bond acceptors (Lipinski definition) is 16. The van der Waals surface area contributed by atoms with Crippen LogP contribution in [0.15, 0.2) is 94.3 Å². The summed E-state index contributed by atoms with van der Waals surface area (Å²) in [5, 5.41) is 25.5. The topological polar surface area (TPSA) is 300 Å². The Morgan fingerprint density at radius 2 is 1.63 bits per heavy atom. The van der Waals surface area contributed by atoms with Gasteiger partial charge in [-0.15, -0.1) is 0 Å². The number of rotatable bonds is 20. The molecule has 2 aliphatic heterocycles. The minimum absolute atomic E-state index is 0.0505. The van der Waals surface area contributed by atoms with Crippen LogP contribution in [0.4, 0.5) is 10.1 Å². The molecule has 492 valence electrons. The highest BCUT2D eigenvalue weighted by molar-refractivity contribution is 5.96. The van der Waals surface area contributed by atoms with E-state index in [1.165, 1.54) is 35.6 Å². The third-order valence-corrected chi connectivity index (χ3v) is 21.0. The van der Waals surface area contributed by atoms with E-state index >= 15 is 4.39 Å². The van der Waals surface area contributed by atoms with Gasteiger partial charge in [-0.1, -0.05) is 61.9 Å². The minimum atomic E-state index is -2.06. The second kappa shape index (κ2) is 25.6. The lowest BCUT2D eigenvalue weighted by Gasteiger charge is -2.55. The van der Waals surface area contributed by atoms with Gasteiger partial charge in [0.1, 0.15) is 31.8 Å². The lowest BCUT2D eigenvalue weighted by molar-refractivity contribution is -0.182. The molecule has 0 radical (unpaired) electrons. The van der Waals surface area contributed by atoms with Crippen molar-refractivity contribution in [3.8, 4) is 11.4 Å². The van der Waals surface area contributed by atoms with Crippen molar-refractivity contribution in [1.82, 2.24) is 36.1 Å². The number of halogens is 1. The van der Waals surface area contributed by atoms with Crippen molar-refractivity contribution in [3.63, 3.8) is 0 Å². The quantitative estimate of drug-likeness (QED) is 0.0308. The SMILES string of the molecule is CC[C@@]1(O)C(=O)OCc2c1cc1n(c2=O)Cc2c-1nc1cc(F)c(C)c3c1c2[C@@H](NC(=O)COCNC(=O)CNC(=O)[C@H](Cc1ccccc1)NC(=O)CNC(=O)CN(C)c1ccc([C@H]2C[C@@]4(C)[C@@H](CC[C@]4(OC(C)=O)C(C)=O)[C@@H]4CCC5=CC(=O)CCC5=C42)cc1)CC3. The molecule has 8 atom stereocenters. The maximum Gasteiger partial charge on any atom is 0.343 e. The number of anilines is 1. The van der Waals surface area contributed by atoms with E-state index in [4.69, 9.17) is 19.2 Å². The monoisotopic (exact) mass is 1280 g/mol. The number of Topliss-reactive ketones (excluding diaryl/α,β-unsaturated/α-hetero) is 1. The molecule has 3 aromatic carbocycles. The molecule has 7 aliphatic rings. The fourth-order valence-corrected chi connectivity index (χ4v) is 16.4. The van der Waals surface area contributed by atoms with E-state index in [0.29, 0.717) is 83.1 Å². The number of esters is 2. The average molecular weight is 1290 g/mol. The summed E-state index contributed by atoms with van der Waals surface area (Å²) < 4.78 is 33.8. The summed E-state index contributed by atoms with van der Waals surface area (Å²) in [7, 11) is 1.75. The molecular formula is C71H77FN8O14. The molecule has 0 unspecified atom stereocenters. The first-order valence-corrected chi connectivity index (χ1v) is 32.2. The lowest BCUT2D eigenvalue weighted by atomic mass is 9.50. The normalized spacial score (nSPS) is 24.0. The van der Waals surface area contributed by atoms with Crippen LogP contribution >= 0.6 is 0 Å². The molecule has 12 rings (SSSR count). The molecule has 5 aliphatic carbocycles. The Labute approximate surface area is 541 Å². The van der Waals surface area contributed by atoms with Gasteiger partial charge in [0.2, 0.25) is 29.5 Å². The van der Waals surface area contributed by atoms with Gasteiger partial charge in [0.05, 0.1) is 54.7 Å².